The Morgan fingerprint density at radius 3 is 1.20 bits per heavy atom. The van der Waals surface area contributed by atoms with Gasteiger partial charge in [0.15, 0.2) is 0 Å². The Bertz CT molecular complexity index is 1000. The van der Waals surface area contributed by atoms with E-state index in [0.29, 0.717) is 13.1 Å². The Morgan fingerprint density at radius 2 is 0.875 bits per heavy atom. The molecule has 0 amide bonds. The van der Waals surface area contributed by atoms with E-state index in [1.165, 1.54) is 12.4 Å². The third kappa shape index (κ3) is 14.6. The van der Waals surface area contributed by atoms with Crippen molar-refractivity contribution in [1.82, 2.24) is 0 Å². The first kappa shape index (κ1) is 32.8. The second-order valence-electron chi connectivity index (χ2n) is 9.14. The predicted molar refractivity (Wildman–Crippen MR) is 141 cm³/mol. The van der Waals surface area contributed by atoms with Crippen LogP contribution in [0.1, 0.15) is 75.3 Å². The van der Waals surface area contributed by atoms with E-state index in [2.05, 4.69) is 19.5 Å². The number of phenolic OH excluding ortho intramolecular Hbond substituents is 2. The van der Waals surface area contributed by atoms with Gasteiger partial charge in [-0.05, 0) is 49.2 Å². The Hall–Kier alpha value is -3.44. The summed E-state index contributed by atoms with van der Waals surface area (Å²) in [5, 5.41) is 19.5. The van der Waals surface area contributed by atoms with Crippen molar-refractivity contribution in [3.8, 4) is 23.0 Å². The van der Waals surface area contributed by atoms with Crippen molar-refractivity contribution in [2.45, 2.75) is 76.9 Å². The van der Waals surface area contributed by atoms with Crippen LogP contribution < -0.4 is 9.47 Å². The molecule has 0 saturated carbocycles. The van der Waals surface area contributed by atoms with Crippen molar-refractivity contribution in [1.29, 1.82) is 0 Å². The first-order chi connectivity index (χ1) is 18.9. The van der Waals surface area contributed by atoms with Gasteiger partial charge in [0.25, 0.3) is 0 Å². The highest BCUT2D eigenvalue weighted by Crippen LogP contribution is 2.28. The van der Waals surface area contributed by atoms with E-state index in [-0.39, 0.29) is 22.6 Å². The zero-order chi connectivity index (χ0) is 29.4. The molecule has 0 aromatic heterocycles. The van der Waals surface area contributed by atoms with Gasteiger partial charge in [0.05, 0.1) is 0 Å². The van der Waals surface area contributed by atoms with Gasteiger partial charge in [0.1, 0.15) is 23.0 Å². The Labute approximate surface area is 229 Å². The minimum Gasteiger partial charge on any atom is -0.507 e. The Morgan fingerprint density at radius 1 is 0.550 bits per heavy atom. The summed E-state index contributed by atoms with van der Waals surface area (Å²) in [5.74, 6) is -1.17. The maximum Gasteiger partial charge on any atom is 0.573 e. The maximum atomic E-state index is 12.3. The molecule has 0 saturated heterocycles. The molecule has 2 aromatic rings. The molecule has 0 aliphatic rings. The fourth-order valence-corrected chi connectivity index (χ4v) is 3.81. The molecule has 0 aliphatic heterocycles. The molecule has 0 fully saturated rings. The lowest BCUT2D eigenvalue weighted by molar-refractivity contribution is -0.275. The van der Waals surface area contributed by atoms with Crippen molar-refractivity contribution >= 4 is 12.4 Å². The number of unbranched alkanes of at least 4 members (excludes halogenated alkanes) is 9. The number of hydrogen-bond acceptors (Lipinski definition) is 6. The molecule has 2 N–H and O–H groups in total. The van der Waals surface area contributed by atoms with Gasteiger partial charge in [-0.3, -0.25) is 9.98 Å². The van der Waals surface area contributed by atoms with Crippen molar-refractivity contribution < 1.29 is 46.0 Å². The summed E-state index contributed by atoms with van der Waals surface area (Å²) in [4.78, 5) is 8.35. The Kier molecular flexibility index (Phi) is 13.6. The first-order valence-corrected chi connectivity index (χ1v) is 13.1. The molecule has 0 atom stereocenters. The zero-order valence-electron chi connectivity index (χ0n) is 22.0. The van der Waals surface area contributed by atoms with Gasteiger partial charge in [-0.2, -0.15) is 0 Å². The number of benzene rings is 2. The van der Waals surface area contributed by atoms with E-state index >= 15 is 0 Å². The summed E-state index contributed by atoms with van der Waals surface area (Å²) in [6, 6.07) is 6.52. The van der Waals surface area contributed by atoms with Crippen LogP contribution in [0.4, 0.5) is 26.3 Å². The van der Waals surface area contributed by atoms with Crippen molar-refractivity contribution in [2.75, 3.05) is 13.1 Å². The quantitative estimate of drug-likeness (QED) is 0.113. The molecular weight excluding hydrogens is 542 g/mol. The molecule has 0 heterocycles. The largest absolute Gasteiger partial charge is 0.573 e. The molecule has 6 nitrogen and oxygen atoms in total. The molecule has 0 spiro atoms. The second kappa shape index (κ2) is 16.6. The van der Waals surface area contributed by atoms with Gasteiger partial charge in [-0.25, -0.2) is 0 Å². The van der Waals surface area contributed by atoms with Crippen LogP contribution in [0.3, 0.4) is 0 Å². The molecular formula is C28H34F6N2O4. The van der Waals surface area contributed by atoms with Crippen LogP contribution >= 0.6 is 0 Å². The maximum absolute atomic E-state index is 12.3. The predicted octanol–water partition coefficient (Wildman–Crippen LogP) is 8.33. The molecule has 12 heteroatoms. The molecule has 0 aliphatic carbocycles. The minimum absolute atomic E-state index is 0.164. The van der Waals surface area contributed by atoms with Crippen LogP contribution in [0.25, 0.3) is 0 Å². The lowest BCUT2D eigenvalue weighted by atomic mass is 10.1. The molecule has 222 valence electrons. The van der Waals surface area contributed by atoms with Crippen LogP contribution in [-0.4, -0.2) is 48.5 Å². The van der Waals surface area contributed by atoms with Gasteiger partial charge in [0, 0.05) is 36.6 Å². The smallest absolute Gasteiger partial charge is 0.507 e. The van der Waals surface area contributed by atoms with Gasteiger partial charge >= 0.3 is 12.7 Å². The van der Waals surface area contributed by atoms with Crippen LogP contribution in [0, 0.1) is 0 Å². The third-order valence-corrected chi connectivity index (χ3v) is 5.75. The van der Waals surface area contributed by atoms with Gasteiger partial charge in [-0.1, -0.05) is 51.4 Å². The zero-order valence-corrected chi connectivity index (χ0v) is 22.0. The van der Waals surface area contributed by atoms with Gasteiger partial charge in [-0.15, -0.1) is 26.3 Å². The van der Waals surface area contributed by atoms with E-state index in [9.17, 15) is 36.6 Å². The molecule has 0 bridgehead atoms. The van der Waals surface area contributed by atoms with E-state index in [1.54, 1.807) is 0 Å². The number of rotatable bonds is 17. The molecule has 0 unspecified atom stereocenters. The number of halogens is 6. The highest BCUT2D eigenvalue weighted by Gasteiger charge is 2.32. The summed E-state index contributed by atoms with van der Waals surface area (Å²) in [5.41, 5.74) is 0.329. The summed E-state index contributed by atoms with van der Waals surface area (Å²) >= 11 is 0. The van der Waals surface area contributed by atoms with E-state index in [1.807, 2.05) is 0 Å². The average Bonchev–Trinajstić information content (AvgIpc) is 2.85. The third-order valence-electron chi connectivity index (χ3n) is 5.75. The van der Waals surface area contributed by atoms with Crippen LogP contribution in [0.5, 0.6) is 23.0 Å². The van der Waals surface area contributed by atoms with E-state index in [4.69, 9.17) is 0 Å². The lowest BCUT2D eigenvalue weighted by Crippen LogP contribution is -2.17. The second-order valence-corrected chi connectivity index (χ2v) is 9.14. The van der Waals surface area contributed by atoms with Crippen LogP contribution in [0.2, 0.25) is 0 Å². The van der Waals surface area contributed by atoms with Crippen LogP contribution in [-0.2, 0) is 0 Å². The van der Waals surface area contributed by atoms with Crippen LogP contribution in [0.15, 0.2) is 46.4 Å². The number of phenols is 2. The monoisotopic (exact) mass is 576 g/mol. The lowest BCUT2D eigenvalue weighted by Gasteiger charge is -2.09. The Balaban J connectivity index is 1.48. The first-order valence-electron chi connectivity index (χ1n) is 13.1. The number of alkyl halides is 6. The van der Waals surface area contributed by atoms with Gasteiger partial charge in [0.2, 0.25) is 0 Å². The fraction of sp³-hybridized carbons (Fsp3) is 0.500. The number of hydrogen-bond donors (Lipinski definition) is 2. The molecule has 2 rings (SSSR count). The summed E-state index contributed by atoms with van der Waals surface area (Å²) < 4.78 is 81.6. The van der Waals surface area contributed by atoms with Gasteiger partial charge < -0.3 is 19.7 Å². The summed E-state index contributed by atoms with van der Waals surface area (Å²) in [6.07, 6.45) is 3.32. The fourth-order valence-electron chi connectivity index (χ4n) is 3.81. The van der Waals surface area contributed by atoms with Crippen molar-refractivity contribution in [3.63, 3.8) is 0 Å². The average molecular weight is 577 g/mol. The molecule has 2 aromatic carbocycles. The van der Waals surface area contributed by atoms with Crippen molar-refractivity contribution in [2.24, 2.45) is 9.98 Å². The normalized spacial score (nSPS) is 12.4. The molecule has 0 radical (unpaired) electrons. The standard InChI is InChI=1S/C28H34F6N2O4/c29-27(30,31)39-23-11-13-25(37)21(17-23)19-35-15-9-7-5-3-1-2-4-6-8-10-16-36-20-22-18-24(12-14-26(22)38)40-28(32,33)34/h11-14,17-20,37-38H,1-10,15-16H2/b35-19+,36-20+. The number of ether oxygens (including phenoxy) is 2. The topological polar surface area (TPSA) is 83.6 Å². The van der Waals surface area contributed by atoms with Crippen molar-refractivity contribution in [3.05, 3.63) is 47.5 Å². The summed E-state index contributed by atoms with van der Waals surface area (Å²) in [6.45, 7) is 1.03. The summed E-state index contributed by atoms with van der Waals surface area (Å²) in [7, 11) is 0. The molecule has 40 heavy (non-hydrogen) atoms. The van der Waals surface area contributed by atoms with E-state index < -0.39 is 24.2 Å². The highest BCUT2D eigenvalue weighted by molar-refractivity contribution is 5.84. The number of nitrogens with zero attached hydrogens (tertiary/aromatic N) is 2. The highest BCUT2D eigenvalue weighted by atomic mass is 19.4. The SMILES string of the molecule is Oc1ccc(OC(F)(F)F)cc1/C=N/CCCCCCCCCCCC/N=C/c1cc(OC(F)(F)F)ccc1O. The number of aliphatic imine (C=N–C) groups is 2. The number of aromatic hydroxyl groups is 2. The van der Waals surface area contributed by atoms with E-state index in [0.717, 1.165) is 101 Å². The minimum atomic E-state index is -4.80.